The van der Waals surface area contributed by atoms with Gasteiger partial charge in [0.1, 0.15) is 0 Å². The van der Waals surface area contributed by atoms with Gasteiger partial charge < -0.3 is 4.74 Å². The van der Waals surface area contributed by atoms with Gasteiger partial charge in [0.15, 0.2) is 0 Å². The monoisotopic (exact) mass is 227 g/mol. The maximum absolute atomic E-state index is 11.5. The summed E-state index contributed by atoms with van der Waals surface area (Å²) < 4.78 is 4.80. The number of nitrogens with zero attached hydrogens (tertiary/aromatic N) is 1. The van der Waals surface area contributed by atoms with E-state index in [4.69, 9.17) is 4.74 Å². The molecule has 0 N–H and O–H groups in total. The van der Waals surface area contributed by atoms with Crippen molar-refractivity contribution in [2.45, 2.75) is 46.1 Å². The summed E-state index contributed by atoms with van der Waals surface area (Å²) in [5.74, 6) is 0.769. The molecule has 0 radical (unpaired) electrons. The van der Waals surface area contributed by atoms with Gasteiger partial charge in [-0.2, -0.15) is 0 Å². The lowest BCUT2D eigenvalue weighted by molar-refractivity contribution is -0.147. The molecule has 2 atom stereocenters. The maximum Gasteiger partial charge on any atom is 0.309 e. The summed E-state index contributed by atoms with van der Waals surface area (Å²) in [5.41, 5.74) is 0. The number of ether oxygens (including phenoxy) is 1. The Hall–Kier alpha value is -0.570. The smallest absolute Gasteiger partial charge is 0.309 e. The van der Waals surface area contributed by atoms with E-state index in [0.29, 0.717) is 6.04 Å². The predicted octanol–water partition coefficient (Wildman–Crippen LogP) is 2.31. The lowest BCUT2D eigenvalue weighted by atomic mass is 9.92. The summed E-state index contributed by atoms with van der Waals surface area (Å²) in [6, 6.07) is 0.297. The Labute approximate surface area is 99.1 Å². The van der Waals surface area contributed by atoms with Crippen LogP contribution in [0.3, 0.4) is 0 Å². The maximum atomic E-state index is 11.5. The van der Waals surface area contributed by atoms with Gasteiger partial charge in [0.05, 0.1) is 13.0 Å². The first kappa shape index (κ1) is 13.5. The van der Waals surface area contributed by atoms with Crippen molar-refractivity contribution in [2.24, 2.45) is 11.8 Å². The van der Waals surface area contributed by atoms with Crippen LogP contribution in [0.25, 0.3) is 0 Å². The minimum absolute atomic E-state index is 0.0248. The summed E-state index contributed by atoms with van der Waals surface area (Å²) in [5, 5.41) is 0. The molecule has 2 unspecified atom stereocenters. The summed E-state index contributed by atoms with van der Waals surface area (Å²) in [4.78, 5) is 13.9. The Balaban J connectivity index is 2.43. The fourth-order valence-corrected chi connectivity index (χ4v) is 2.47. The van der Waals surface area contributed by atoms with Crippen molar-refractivity contribution in [1.29, 1.82) is 0 Å². The molecule has 1 aliphatic rings. The molecule has 1 rings (SSSR count). The van der Waals surface area contributed by atoms with E-state index >= 15 is 0 Å². The van der Waals surface area contributed by atoms with Crippen LogP contribution >= 0.6 is 0 Å². The zero-order valence-corrected chi connectivity index (χ0v) is 11.0. The zero-order chi connectivity index (χ0) is 12.1. The van der Waals surface area contributed by atoms with Crippen molar-refractivity contribution in [3.8, 4) is 0 Å². The van der Waals surface area contributed by atoms with Crippen LogP contribution in [0.4, 0.5) is 0 Å². The predicted molar refractivity (Wildman–Crippen MR) is 65.2 cm³/mol. The number of rotatable bonds is 4. The average Bonchev–Trinajstić information content (AvgIpc) is 2.36. The van der Waals surface area contributed by atoms with E-state index in [1.807, 2.05) is 6.92 Å². The van der Waals surface area contributed by atoms with Crippen LogP contribution in [0.2, 0.25) is 0 Å². The molecule has 1 aliphatic heterocycles. The lowest BCUT2D eigenvalue weighted by Crippen LogP contribution is -2.45. The Morgan fingerprint density at radius 1 is 1.38 bits per heavy atom. The van der Waals surface area contributed by atoms with Crippen LogP contribution in [0.15, 0.2) is 0 Å². The first-order chi connectivity index (χ1) is 7.60. The molecule has 0 spiro atoms. The molecule has 0 bridgehead atoms. The number of esters is 1. The van der Waals surface area contributed by atoms with E-state index in [1.165, 1.54) is 26.4 Å². The van der Waals surface area contributed by atoms with Crippen molar-refractivity contribution in [3.63, 3.8) is 0 Å². The zero-order valence-electron chi connectivity index (χ0n) is 11.0. The van der Waals surface area contributed by atoms with Crippen LogP contribution in [0.1, 0.15) is 40.0 Å². The number of hydrogen-bond donors (Lipinski definition) is 0. The number of carbonyl (C=O) groups excluding carboxylic acids is 1. The standard InChI is InChI=1S/C13H25NO2/c1-5-12-6-8-14(9-7-12)11(3)10(2)13(15)16-4/h10-12H,5-9H2,1-4H3. The average molecular weight is 227 g/mol. The SMILES string of the molecule is CCC1CCN(C(C)C(C)C(=O)OC)CC1. The normalized spacial score (nSPS) is 22.8. The molecule has 1 fully saturated rings. The van der Waals surface area contributed by atoms with Crippen LogP contribution in [0, 0.1) is 11.8 Å². The van der Waals surface area contributed by atoms with Gasteiger partial charge in [-0.3, -0.25) is 9.69 Å². The summed E-state index contributed by atoms with van der Waals surface area (Å²) >= 11 is 0. The first-order valence-electron chi connectivity index (χ1n) is 6.42. The number of hydrogen-bond acceptors (Lipinski definition) is 3. The molecule has 1 saturated heterocycles. The third-order valence-electron chi connectivity index (χ3n) is 4.10. The molecule has 0 aliphatic carbocycles. The fraction of sp³-hybridized carbons (Fsp3) is 0.923. The second-order valence-corrected chi connectivity index (χ2v) is 4.94. The van der Waals surface area contributed by atoms with Gasteiger partial charge in [-0.05, 0) is 38.8 Å². The van der Waals surface area contributed by atoms with Crippen molar-refractivity contribution >= 4 is 5.97 Å². The van der Waals surface area contributed by atoms with Crippen LogP contribution in [-0.4, -0.2) is 37.1 Å². The highest BCUT2D eigenvalue weighted by atomic mass is 16.5. The van der Waals surface area contributed by atoms with Crippen LogP contribution in [0.5, 0.6) is 0 Å². The highest BCUT2D eigenvalue weighted by Gasteiger charge is 2.28. The molecule has 94 valence electrons. The largest absolute Gasteiger partial charge is 0.469 e. The van der Waals surface area contributed by atoms with Crippen molar-refractivity contribution in [3.05, 3.63) is 0 Å². The fourth-order valence-electron chi connectivity index (χ4n) is 2.47. The van der Waals surface area contributed by atoms with Crippen molar-refractivity contribution in [2.75, 3.05) is 20.2 Å². The molecule has 0 saturated carbocycles. The van der Waals surface area contributed by atoms with E-state index in [1.54, 1.807) is 0 Å². The van der Waals surface area contributed by atoms with E-state index < -0.39 is 0 Å². The number of likely N-dealkylation sites (tertiary alicyclic amines) is 1. The number of carbonyl (C=O) groups is 1. The first-order valence-corrected chi connectivity index (χ1v) is 6.42. The minimum atomic E-state index is -0.0925. The van der Waals surface area contributed by atoms with Crippen LogP contribution < -0.4 is 0 Å². The van der Waals surface area contributed by atoms with Crippen molar-refractivity contribution < 1.29 is 9.53 Å². The van der Waals surface area contributed by atoms with Gasteiger partial charge in [0.2, 0.25) is 0 Å². The lowest BCUT2D eigenvalue weighted by Gasteiger charge is -2.37. The van der Waals surface area contributed by atoms with Gasteiger partial charge in [0.25, 0.3) is 0 Å². The Kier molecular flexibility index (Phi) is 5.26. The van der Waals surface area contributed by atoms with Gasteiger partial charge in [-0.15, -0.1) is 0 Å². The van der Waals surface area contributed by atoms with Gasteiger partial charge in [-0.1, -0.05) is 20.3 Å². The van der Waals surface area contributed by atoms with E-state index in [2.05, 4.69) is 18.7 Å². The van der Waals surface area contributed by atoms with Crippen molar-refractivity contribution in [1.82, 2.24) is 4.90 Å². The molecule has 0 aromatic carbocycles. The minimum Gasteiger partial charge on any atom is -0.469 e. The van der Waals surface area contributed by atoms with Crippen LogP contribution in [-0.2, 0) is 9.53 Å². The Morgan fingerprint density at radius 3 is 2.38 bits per heavy atom. The summed E-state index contributed by atoms with van der Waals surface area (Å²) in [6.45, 7) is 8.61. The number of methoxy groups -OCH3 is 1. The molecular weight excluding hydrogens is 202 g/mol. The molecule has 0 amide bonds. The highest BCUT2D eigenvalue weighted by molar-refractivity contribution is 5.72. The third-order valence-corrected chi connectivity index (χ3v) is 4.10. The molecular formula is C13H25NO2. The second-order valence-electron chi connectivity index (χ2n) is 4.94. The van der Waals surface area contributed by atoms with Gasteiger partial charge in [-0.25, -0.2) is 0 Å². The van der Waals surface area contributed by atoms with E-state index in [9.17, 15) is 4.79 Å². The number of piperidine rings is 1. The molecule has 16 heavy (non-hydrogen) atoms. The Bertz CT molecular complexity index is 222. The van der Waals surface area contributed by atoms with E-state index in [0.717, 1.165) is 19.0 Å². The molecule has 3 nitrogen and oxygen atoms in total. The second kappa shape index (κ2) is 6.24. The van der Waals surface area contributed by atoms with Gasteiger partial charge in [0, 0.05) is 6.04 Å². The molecule has 1 heterocycles. The summed E-state index contributed by atoms with van der Waals surface area (Å²) in [6.07, 6.45) is 3.83. The molecule has 3 heteroatoms. The van der Waals surface area contributed by atoms with E-state index in [-0.39, 0.29) is 11.9 Å². The molecule has 0 aromatic rings. The third kappa shape index (κ3) is 3.21. The van der Waals surface area contributed by atoms with Gasteiger partial charge >= 0.3 is 5.97 Å². The quantitative estimate of drug-likeness (QED) is 0.690. The highest BCUT2D eigenvalue weighted by Crippen LogP contribution is 2.23. The Morgan fingerprint density at radius 2 is 1.94 bits per heavy atom. The topological polar surface area (TPSA) is 29.5 Å². The molecule has 0 aromatic heterocycles. The summed E-state index contributed by atoms with van der Waals surface area (Å²) in [7, 11) is 1.47.